The molecular formula is C9H13FO3. The second-order valence-corrected chi connectivity index (χ2v) is 3.34. The van der Waals surface area contributed by atoms with Crippen molar-refractivity contribution in [3.8, 4) is 0 Å². The van der Waals surface area contributed by atoms with Gasteiger partial charge in [-0.25, -0.2) is 4.39 Å². The standard InChI is InChI=1S/C9H13FO3/c1-13-9(12)8-4-7(10)3-2-6(8)5-11/h5-8H,2-4H2,1H3/t6-,7-,8?/m0/s1. The number of hydrogen-bond acceptors (Lipinski definition) is 3. The van der Waals surface area contributed by atoms with E-state index < -0.39 is 18.1 Å². The molecule has 1 saturated carbocycles. The molecule has 3 nitrogen and oxygen atoms in total. The smallest absolute Gasteiger partial charge is 0.309 e. The molecule has 13 heavy (non-hydrogen) atoms. The van der Waals surface area contributed by atoms with E-state index in [9.17, 15) is 14.0 Å². The van der Waals surface area contributed by atoms with Crippen LogP contribution in [0.15, 0.2) is 0 Å². The highest BCUT2D eigenvalue weighted by molar-refractivity contribution is 5.76. The van der Waals surface area contributed by atoms with Gasteiger partial charge in [-0.1, -0.05) is 0 Å². The van der Waals surface area contributed by atoms with Crippen LogP contribution < -0.4 is 0 Å². The van der Waals surface area contributed by atoms with Gasteiger partial charge < -0.3 is 9.53 Å². The van der Waals surface area contributed by atoms with Gasteiger partial charge in [0.05, 0.1) is 13.0 Å². The van der Waals surface area contributed by atoms with E-state index in [4.69, 9.17) is 0 Å². The van der Waals surface area contributed by atoms with Gasteiger partial charge in [0.15, 0.2) is 0 Å². The molecule has 3 atom stereocenters. The van der Waals surface area contributed by atoms with Crippen LogP contribution in [0, 0.1) is 11.8 Å². The van der Waals surface area contributed by atoms with Gasteiger partial charge in [0, 0.05) is 5.92 Å². The summed E-state index contributed by atoms with van der Waals surface area (Å²) in [6.45, 7) is 0. The molecule has 0 aromatic heterocycles. The topological polar surface area (TPSA) is 43.4 Å². The summed E-state index contributed by atoms with van der Waals surface area (Å²) in [6.07, 6.45) is 0.700. The number of carbonyl (C=O) groups is 2. The number of alkyl halides is 1. The molecule has 0 amide bonds. The van der Waals surface area contributed by atoms with Gasteiger partial charge in [-0.05, 0) is 19.3 Å². The summed E-state index contributed by atoms with van der Waals surface area (Å²) in [5.41, 5.74) is 0. The van der Waals surface area contributed by atoms with Crippen LogP contribution in [-0.4, -0.2) is 25.5 Å². The molecule has 0 aromatic carbocycles. The average molecular weight is 188 g/mol. The van der Waals surface area contributed by atoms with Crippen LogP contribution in [0.1, 0.15) is 19.3 Å². The first-order valence-corrected chi connectivity index (χ1v) is 4.36. The molecular weight excluding hydrogens is 175 g/mol. The summed E-state index contributed by atoms with van der Waals surface area (Å²) in [5.74, 6) is -1.41. The molecule has 0 saturated heterocycles. The van der Waals surface area contributed by atoms with Crippen LogP contribution in [0.2, 0.25) is 0 Å². The summed E-state index contributed by atoms with van der Waals surface area (Å²) in [6, 6.07) is 0. The van der Waals surface area contributed by atoms with Crippen LogP contribution in [0.5, 0.6) is 0 Å². The minimum absolute atomic E-state index is 0.121. The van der Waals surface area contributed by atoms with Crippen LogP contribution in [0.3, 0.4) is 0 Å². The fourth-order valence-corrected chi connectivity index (χ4v) is 1.73. The van der Waals surface area contributed by atoms with Crippen LogP contribution >= 0.6 is 0 Å². The quantitative estimate of drug-likeness (QED) is 0.481. The zero-order valence-electron chi connectivity index (χ0n) is 7.53. The second kappa shape index (κ2) is 4.35. The number of esters is 1. The zero-order valence-corrected chi connectivity index (χ0v) is 7.53. The molecule has 0 spiro atoms. The number of carbonyl (C=O) groups excluding carboxylic acids is 2. The Kier molecular flexibility index (Phi) is 3.39. The largest absolute Gasteiger partial charge is 0.469 e. The highest BCUT2D eigenvalue weighted by Crippen LogP contribution is 2.31. The van der Waals surface area contributed by atoms with Crippen molar-refractivity contribution in [1.29, 1.82) is 0 Å². The Hall–Kier alpha value is -0.930. The Morgan fingerprint density at radius 3 is 2.77 bits per heavy atom. The molecule has 4 heteroatoms. The second-order valence-electron chi connectivity index (χ2n) is 3.34. The van der Waals surface area contributed by atoms with E-state index in [0.29, 0.717) is 12.8 Å². The SMILES string of the molecule is COC(=O)C1C[C@@H](F)CC[C@H]1C=O. The van der Waals surface area contributed by atoms with Gasteiger partial charge in [0.1, 0.15) is 12.5 Å². The lowest BCUT2D eigenvalue weighted by atomic mass is 9.79. The van der Waals surface area contributed by atoms with Gasteiger partial charge in [0.2, 0.25) is 0 Å². The minimum atomic E-state index is -0.972. The zero-order chi connectivity index (χ0) is 9.84. The summed E-state index contributed by atoms with van der Waals surface area (Å²) >= 11 is 0. The lowest BCUT2D eigenvalue weighted by Crippen LogP contribution is -2.33. The number of halogens is 1. The predicted molar refractivity (Wildman–Crippen MR) is 43.8 cm³/mol. The predicted octanol–water partition coefficient (Wildman–Crippen LogP) is 1.11. The summed E-state index contributed by atoms with van der Waals surface area (Å²) in [4.78, 5) is 21.7. The van der Waals surface area contributed by atoms with E-state index in [1.807, 2.05) is 0 Å². The Morgan fingerprint density at radius 2 is 2.23 bits per heavy atom. The van der Waals surface area contributed by atoms with E-state index in [1.165, 1.54) is 7.11 Å². The highest BCUT2D eigenvalue weighted by Gasteiger charge is 2.35. The van der Waals surface area contributed by atoms with Gasteiger partial charge in [-0.3, -0.25) is 4.79 Å². The first-order chi connectivity index (χ1) is 6.19. The molecule has 1 unspecified atom stereocenters. The van der Waals surface area contributed by atoms with Crippen molar-refractivity contribution in [2.24, 2.45) is 11.8 Å². The Morgan fingerprint density at radius 1 is 1.54 bits per heavy atom. The van der Waals surface area contributed by atoms with Crippen LogP contribution in [0.4, 0.5) is 4.39 Å². The maximum atomic E-state index is 12.9. The van der Waals surface area contributed by atoms with Crippen molar-refractivity contribution in [2.45, 2.75) is 25.4 Å². The van der Waals surface area contributed by atoms with Crippen molar-refractivity contribution in [1.82, 2.24) is 0 Å². The third-order valence-electron chi connectivity index (χ3n) is 2.52. The Bertz CT molecular complexity index is 205. The fourth-order valence-electron chi connectivity index (χ4n) is 1.73. The fraction of sp³-hybridized carbons (Fsp3) is 0.778. The average Bonchev–Trinajstić information content (AvgIpc) is 2.16. The molecule has 1 aliphatic rings. The van der Waals surface area contributed by atoms with E-state index in [0.717, 1.165) is 6.29 Å². The molecule has 0 aromatic rings. The van der Waals surface area contributed by atoms with Crippen molar-refractivity contribution < 1.29 is 18.7 Å². The lowest BCUT2D eigenvalue weighted by molar-refractivity contribution is -0.151. The maximum Gasteiger partial charge on any atom is 0.309 e. The summed E-state index contributed by atoms with van der Waals surface area (Å²) < 4.78 is 17.4. The summed E-state index contributed by atoms with van der Waals surface area (Å²) in [7, 11) is 1.26. The van der Waals surface area contributed by atoms with Gasteiger partial charge in [-0.2, -0.15) is 0 Å². The molecule has 0 N–H and O–H groups in total. The third kappa shape index (κ3) is 2.26. The van der Waals surface area contributed by atoms with Crippen LogP contribution in [0.25, 0.3) is 0 Å². The van der Waals surface area contributed by atoms with Crippen LogP contribution in [-0.2, 0) is 14.3 Å². The van der Waals surface area contributed by atoms with Crippen molar-refractivity contribution in [3.63, 3.8) is 0 Å². The molecule has 0 aliphatic heterocycles. The maximum absolute atomic E-state index is 12.9. The molecule has 1 aliphatic carbocycles. The monoisotopic (exact) mass is 188 g/mol. The lowest BCUT2D eigenvalue weighted by Gasteiger charge is -2.27. The van der Waals surface area contributed by atoms with E-state index in [2.05, 4.69) is 4.74 Å². The molecule has 0 radical (unpaired) electrons. The third-order valence-corrected chi connectivity index (χ3v) is 2.52. The molecule has 0 bridgehead atoms. The number of rotatable bonds is 2. The number of hydrogen-bond donors (Lipinski definition) is 0. The molecule has 1 rings (SSSR count). The number of aldehydes is 1. The Balaban J connectivity index is 2.64. The molecule has 74 valence electrons. The first kappa shape index (κ1) is 10.2. The van der Waals surface area contributed by atoms with E-state index in [-0.39, 0.29) is 12.3 Å². The van der Waals surface area contributed by atoms with Gasteiger partial charge in [-0.15, -0.1) is 0 Å². The molecule has 0 heterocycles. The van der Waals surface area contributed by atoms with Gasteiger partial charge >= 0.3 is 5.97 Å². The number of ether oxygens (including phenoxy) is 1. The van der Waals surface area contributed by atoms with Gasteiger partial charge in [0.25, 0.3) is 0 Å². The first-order valence-electron chi connectivity index (χ1n) is 4.36. The normalized spacial score (nSPS) is 33.8. The van der Waals surface area contributed by atoms with Crippen molar-refractivity contribution >= 4 is 12.3 Å². The highest BCUT2D eigenvalue weighted by atomic mass is 19.1. The molecule has 1 fully saturated rings. The number of methoxy groups -OCH3 is 1. The van der Waals surface area contributed by atoms with Crippen molar-refractivity contribution in [3.05, 3.63) is 0 Å². The Labute approximate surface area is 76.3 Å². The summed E-state index contributed by atoms with van der Waals surface area (Å²) in [5, 5.41) is 0. The minimum Gasteiger partial charge on any atom is -0.469 e. The van der Waals surface area contributed by atoms with Crippen molar-refractivity contribution in [2.75, 3.05) is 7.11 Å². The van der Waals surface area contributed by atoms with E-state index >= 15 is 0 Å². The van der Waals surface area contributed by atoms with E-state index in [1.54, 1.807) is 0 Å².